The zero-order valence-corrected chi connectivity index (χ0v) is 17.3. The maximum absolute atomic E-state index is 11.6. The number of nitrogens with one attached hydrogen (secondary N) is 1. The third-order valence-corrected chi connectivity index (χ3v) is 5.14. The molecule has 3 aromatic heterocycles. The van der Waals surface area contributed by atoms with Gasteiger partial charge in [-0.15, -0.1) is 12.4 Å². The van der Waals surface area contributed by atoms with Gasteiger partial charge in [-0.05, 0) is 11.6 Å². The molecule has 0 atom stereocenters. The van der Waals surface area contributed by atoms with Gasteiger partial charge in [-0.3, -0.25) is 14.4 Å². The van der Waals surface area contributed by atoms with Crippen molar-refractivity contribution in [3.63, 3.8) is 0 Å². The molecule has 0 aliphatic carbocycles. The maximum Gasteiger partial charge on any atom is 0.234 e. The molecular weight excluding hydrogens is 402 g/mol. The summed E-state index contributed by atoms with van der Waals surface area (Å²) in [4.78, 5) is 18.6. The van der Waals surface area contributed by atoms with E-state index in [4.69, 9.17) is 4.98 Å². The lowest BCUT2D eigenvalue weighted by Crippen LogP contribution is -2.47. The van der Waals surface area contributed by atoms with E-state index < -0.39 is 0 Å². The van der Waals surface area contributed by atoms with Crippen molar-refractivity contribution in [3.05, 3.63) is 60.7 Å². The Hall–Kier alpha value is -3.23. The Morgan fingerprint density at radius 3 is 2.63 bits per heavy atom. The molecule has 0 spiro atoms. The molecule has 1 aromatic carbocycles. The van der Waals surface area contributed by atoms with E-state index in [2.05, 4.69) is 44.7 Å². The quantitative estimate of drug-likeness (QED) is 0.544. The summed E-state index contributed by atoms with van der Waals surface area (Å²) in [5.74, 6) is 0.0902. The molecule has 5 rings (SSSR count). The van der Waals surface area contributed by atoms with E-state index in [-0.39, 0.29) is 18.3 Å². The van der Waals surface area contributed by atoms with Crippen LogP contribution in [0.25, 0.3) is 28.0 Å². The van der Waals surface area contributed by atoms with Crippen molar-refractivity contribution in [2.75, 3.05) is 19.6 Å². The molecule has 0 saturated carbocycles. The molecule has 1 amide bonds. The van der Waals surface area contributed by atoms with Crippen LogP contribution in [-0.4, -0.2) is 54.8 Å². The number of carbonyl (C=O) groups excluding carboxylic acids is 1. The van der Waals surface area contributed by atoms with Gasteiger partial charge in [0.05, 0.1) is 42.0 Å². The van der Waals surface area contributed by atoms with E-state index in [0.29, 0.717) is 13.1 Å². The molecule has 154 valence electrons. The molecule has 1 aliphatic rings. The minimum atomic E-state index is 0. The second-order valence-electron chi connectivity index (χ2n) is 7.30. The van der Waals surface area contributed by atoms with Gasteiger partial charge in [0, 0.05) is 44.0 Å². The molecular formula is C21H22ClN7O. The van der Waals surface area contributed by atoms with Crippen LogP contribution >= 0.6 is 12.4 Å². The highest BCUT2D eigenvalue weighted by molar-refractivity contribution is 5.85. The second-order valence-corrected chi connectivity index (χ2v) is 7.30. The first-order valence-corrected chi connectivity index (χ1v) is 9.57. The van der Waals surface area contributed by atoms with Crippen molar-refractivity contribution in [2.45, 2.75) is 6.54 Å². The Balaban J connectivity index is 0.00000218. The van der Waals surface area contributed by atoms with Gasteiger partial charge in [0.25, 0.3) is 0 Å². The number of amides is 1. The van der Waals surface area contributed by atoms with Gasteiger partial charge in [-0.1, -0.05) is 24.3 Å². The van der Waals surface area contributed by atoms with Gasteiger partial charge in [0.1, 0.15) is 0 Å². The van der Waals surface area contributed by atoms with Crippen molar-refractivity contribution in [3.8, 4) is 22.5 Å². The number of fused-ring (bicyclic) bond motifs is 1. The summed E-state index contributed by atoms with van der Waals surface area (Å²) in [6.07, 6.45) is 7.45. The zero-order valence-electron chi connectivity index (χ0n) is 16.5. The number of halogens is 1. The summed E-state index contributed by atoms with van der Waals surface area (Å²) in [7, 11) is 1.89. The van der Waals surface area contributed by atoms with Crippen LogP contribution in [0.2, 0.25) is 0 Å². The highest BCUT2D eigenvalue weighted by Crippen LogP contribution is 2.27. The van der Waals surface area contributed by atoms with Crippen LogP contribution in [0.15, 0.2) is 55.1 Å². The number of piperazine rings is 1. The van der Waals surface area contributed by atoms with E-state index in [0.717, 1.165) is 41.1 Å². The topological polar surface area (TPSA) is 80.4 Å². The molecule has 0 unspecified atom stereocenters. The Kier molecular flexibility index (Phi) is 5.52. The van der Waals surface area contributed by atoms with Crippen molar-refractivity contribution < 1.29 is 4.79 Å². The number of carbonyl (C=O) groups is 1. The molecule has 4 heterocycles. The van der Waals surface area contributed by atoms with Crippen LogP contribution in [0.3, 0.4) is 0 Å². The van der Waals surface area contributed by atoms with Gasteiger partial charge >= 0.3 is 0 Å². The van der Waals surface area contributed by atoms with Crippen LogP contribution in [0.1, 0.15) is 5.56 Å². The molecule has 8 nitrogen and oxygen atoms in total. The predicted molar refractivity (Wildman–Crippen MR) is 116 cm³/mol. The number of benzene rings is 1. The lowest BCUT2D eigenvalue weighted by molar-refractivity contribution is -0.124. The Labute approximate surface area is 179 Å². The van der Waals surface area contributed by atoms with Gasteiger partial charge in [0.2, 0.25) is 5.91 Å². The molecule has 0 bridgehead atoms. The van der Waals surface area contributed by atoms with E-state index in [1.54, 1.807) is 17.1 Å². The van der Waals surface area contributed by atoms with E-state index >= 15 is 0 Å². The first kappa shape index (κ1) is 20.1. The van der Waals surface area contributed by atoms with Gasteiger partial charge in [0.15, 0.2) is 0 Å². The van der Waals surface area contributed by atoms with E-state index in [1.807, 2.05) is 30.0 Å². The lowest BCUT2D eigenvalue weighted by Gasteiger charge is -2.26. The molecule has 4 aromatic rings. The van der Waals surface area contributed by atoms with Gasteiger partial charge in [-0.25, -0.2) is 9.50 Å². The molecule has 0 radical (unpaired) electrons. The van der Waals surface area contributed by atoms with Crippen molar-refractivity contribution in [2.24, 2.45) is 7.05 Å². The van der Waals surface area contributed by atoms with Gasteiger partial charge < -0.3 is 5.32 Å². The minimum Gasteiger partial charge on any atom is -0.354 e. The first-order chi connectivity index (χ1) is 14.2. The third-order valence-electron chi connectivity index (χ3n) is 5.14. The first-order valence-electron chi connectivity index (χ1n) is 9.57. The fraction of sp³-hybridized carbons (Fsp3) is 0.238. The summed E-state index contributed by atoms with van der Waals surface area (Å²) in [6.45, 7) is 2.80. The molecule has 1 saturated heterocycles. The Morgan fingerprint density at radius 1 is 1.07 bits per heavy atom. The lowest BCUT2D eigenvalue weighted by atomic mass is 10.1. The van der Waals surface area contributed by atoms with Crippen molar-refractivity contribution in [1.82, 2.24) is 34.6 Å². The normalized spacial score (nSPS) is 14.5. The number of hydrogen-bond donors (Lipinski definition) is 1. The SMILES string of the molecule is Cl.Cn1cc(-c2cn3nccc3c(-c3ccc(CN4CCNC(=O)C4)cc3)n2)cn1. The van der Waals surface area contributed by atoms with Crippen LogP contribution < -0.4 is 5.32 Å². The molecule has 9 heteroatoms. The largest absolute Gasteiger partial charge is 0.354 e. The standard InChI is InChI=1S/C21H21N7O.ClH/c1-26-12-17(10-24-26)18-13-28-19(6-7-23-28)21(25-18)16-4-2-15(3-5-16)11-27-9-8-22-20(29)14-27;/h2-7,10,12-13H,8-9,11,14H2,1H3,(H,22,29);1H. The van der Waals surface area contributed by atoms with Crippen LogP contribution in [-0.2, 0) is 18.4 Å². The van der Waals surface area contributed by atoms with Crippen molar-refractivity contribution >= 4 is 23.8 Å². The molecule has 30 heavy (non-hydrogen) atoms. The smallest absolute Gasteiger partial charge is 0.234 e. The number of aromatic nitrogens is 5. The van der Waals surface area contributed by atoms with Crippen LogP contribution in [0.4, 0.5) is 0 Å². The average molecular weight is 424 g/mol. The Bertz CT molecular complexity index is 1180. The van der Waals surface area contributed by atoms with E-state index in [9.17, 15) is 4.79 Å². The highest BCUT2D eigenvalue weighted by Gasteiger charge is 2.16. The number of nitrogens with zero attached hydrogens (tertiary/aromatic N) is 6. The summed E-state index contributed by atoms with van der Waals surface area (Å²) < 4.78 is 3.62. The molecule has 1 aliphatic heterocycles. The van der Waals surface area contributed by atoms with Crippen LogP contribution in [0.5, 0.6) is 0 Å². The highest BCUT2D eigenvalue weighted by atomic mass is 35.5. The summed E-state index contributed by atoms with van der Waals surface area (Å²) in [6, 6.07) is 10.3. The van der Waals surface area contributed by atoms with Crippen molar-refractivity contribution in [1.29, 1.82) is 0 Å². The average Bonchev–Trinajstić information content (AvgIpc) is 3.37. The number of rotatable bonds is 4. The van der Waals surface area contributed by atoms with E-state index in [1.165, 1.54) is 5.56 Å². The fourth-order valence-electron chi connectivity index (χ4n) is 3.68. The second kappa shape index (κ2) is 8.25. The summed E-state index contributed by atoms with van der Waals surface area (Å²) in [5.41, 5.74) is 5.82. The Morgan fingerprint density at radius 2 is 1.90 bits per heavy atom. The third kappa shape index (κ3) is 3.92. The molecule has 1 N–H and O–H groups in total. The molecule has 1 fully saturated rings. The van der Waals surface area contributed by atoms with Gasteiger partial charge in [-0.2, -0.15) is 10.2 Å². The number of aryl methyl sites for hydroxylation is 1. The zero-order chi connectivity index (χ0) is 19.8. The van der Waals surface area contributed by atoms with Crippen LogP contribution in [0, 0.1) is 0 Å². The predicted octanol–water partition coefficient (Wildman–Crippen LogP) is 2.15. The summed E-state index contributed by atoms with van der Waals surface area (Å²) in [5, 5.41) is 11.5. The fourth-order valence-corrected chi connectivity index (χ4v) is 3.68. The number of hydrogen-bond acceptors (Lipinski definition) is 5. The monoisotopic (exact) mass is 423 g/mol. The maximum atomic E-state index is 11.6. The minimum absolute atomic E-state index is 0. The summed E-state index contributed by atoms with van der Waals surface area (Å²) >= 11 is 0.